The Bertz CT molecular complexity index is 1140. The number of aliphatic hydroxyl groups is 1. The smallest absolute Gasteiger partial charge is 0.472 e. The predicted molar refractivity (Wildman–Crippen MR) is 263 cm³/mol. The van der Waals surface area contributed by atoms with Gasteiger partial charge in [-0.1, -0.05) is 231 Å². The highest BCUT2D eigenvalue weighted by Crippen LogP contribution is 2.43. The fraction of sp³-hybridized carbons (Fsp3) is 0.904. The molecule has 0 saturated carbocycles. The Kier molecular flexibility index (Phi) is 46.4. The van der Waals surface area contributed by atoms with Crippen molar-refractivity contribution >= 4 is 25.7 Å². The number of carbonyl (C=O) groups excluding carboxylic acids is 2. The summed E-state index contributed by atoms with van der Waals surface area (Å²) in [6.45, 7) is 2.65. The monoisotopic (exact) mass is 930 g/mol. The van der Waals surface area contributed by atoms with E-state index in [1.54, 1.807) is 0 Å². The van der Waals surface area contributed by atoms with E-state index in [0.717, 1.165) is 38.5 Å². The Morgan fingerprint density at radius 2 is 0.812 bits per heavy atom. The Hall–Kier alpha value is -1.78. The van der Waals surface area contributed by atoms with Gasteiger partial charge in [0.15, 0.2) is 6.04 Å². The number of carboxylic acids is 1. The van der Waals surface area contributed by atoms with Crippen LogP contribution in [0.2, 0.25) is 0 Å². The van der Waals surface area contributed by atoms with Crippen molar-refractivity contribution < 1.29 is 47.8 Å². The van der Waals surface area contributed by atoms with Crippen LogP contribution in [0.5, 0.6) is 0 Å². The Morgan fingerprint density at radius 3 is 1.19 bits per heavy atom. The first-order valence-corrected chi connectivity index (χ1v) is 28.2. The first-order chi connectivity index (χ1) is 31.1. The zero-order valence-corrected chi connectivity index (χ0v) is 42.3. The van der Waals surface area contributed by atoms with E-state index < -0.39 is 57.6 Å². The maximum atomic E-state index is 12.4. The Morgan fingerprint density at radius 1 is 0.484 bits per heavy atom. The van der Waals surface area contributed by atoms with Gasteiger partial charge in [0.25, 0.3) is 0 Å². The molecule has 1 amide bonds. The highest BCUT2D eigenvalue weighted by atomic mass is 31.2. The van der Waals surface area contributed by atoms with Gasteiger partial charge in [0.2, 0.25) is 5.91 Å². The van der Waals surface area contributed by atoms with Crippen LogP contribution in [-0.4, -0.2) is 64.9 Å². The fourth-order valence-corrected chi connectivity index (χ4v) is 8.67. The molecule has 0 aliphatic rings. The third-order valence-electron chi connectivity index (χ3n) is 12.1. The van der Waals surface area contributed by atoms with Gasteiger partial charge in [0.1, 0.15) is 12.7 Å². The average Bonchev–Trinajstić information content (AvgIpc) is 3.27. The molecule has 0 aromatic rings. The van der Waals surface area contributed by atoms with Gasteiger partial charge >= 0.3 is 19.8 Å². The van der Waals surface area contributed by atoms with Crippen molar-refractivity contribution in [3.8, 4) is 0 Å². The number of phosphoric ester groups is 1. The first kappa shape index (κ1) is 62.2. The zero-order chi connectivity index (χ0) is 47.0. The first-order valence-electron chi connectivity index (χ1n) is 26.7. The van der Waals surface area contributed by atoms with E-state index in [1.807, 2.05) is 0 Å². The third kappa shape index (κ3) is 46.7. The van der Waals surface area contributed by atoms with Gasteiger partial charge < -0.3 is 25.2 Å². The lowest BCUT2D eigenvalue weighted by atomic mass is 10.0. The number of esters is 1. The molecule has 0 aliphatic heterocycles. The minimum absolute atomic E-state index is 0.152. The van der Waals surface area contributed by atoms with Crippen molar-refractivity contribution in [1.82, 2.24) is 5.32 Å². The normalized spacial score (nSPS) is 13.6. The fourth-order valence-electron chi connectivity index (χ4n) is 7.90. The van der Waals surface area contributed by atoms with E-state index in [2.05, 4.69) is 31.3 Å². The average molecular weight is 930 g/mol. The van der Waals surface area contributed by atoms with Crippen LogP contribution in [0.25, 0.3) is 0 Å². The molecule has 0 aromatic heterocycles. The quantitative estimate of drug-likeness (QED) is 0.0199. The van der Waals surface area contributed by atoms with Gasteiger partial charge in [0, 0.05) is 12.8 Å². The molecule has 0 rings (SSSR count). The number of allylic oxidation sites excluding steroid dienone is 2. The molecule has 0 spiro atoms. The molecule has 0 heterocycles. The molecule has 64 heavy (non-hydrogen) atoms. The predicted octanol–water partition coefficient (Wildman–Crippen LogP) is 14.8. The lowest BCUT2D eigenvalue weighted by molar-refractivity contribution is -0.147. The highest BCUT2D eigenvalue weighted by molar-refractivity contribution is 7.47. The summed E-state index contributed by atoms with van der Waals surface area (Å²) >= 11 is 0. The van der Waals surface area contributed by atoms with E-state index in [4.69, 9.17) is 13.8 Å². The van der Waals surface area contributed by atoms with Gasteiger partial charge in [-0.05, 0) is 38.5 Å². The zero-order valence-electron chi connectivity index (χ0n) is 41.4. The molecule has 0 fully saturated rings. The summed E-state index contributed by atoms with van der Waals surface area (Å²) in [6.07, 6.45) is 50.9. The molecule has 378 valence electrons. The topological polar surface area (TPSA) is 169 Å². The second-order valence-corrected chi connectivity index (χ2v) is 19.9. The number of aliphatic hydroxyl groups excluding tert-OH is 1. The number of carbonyl (C=O) groups is 3. The molecular weight excluding hydrogens is 830 g/mol. The summed E-state index contributed by atoms with van der Waals surface area (Å²) < 4.78 is 27.0. The van der Waals surface area contributed by atoms with Crippen LogP contribution in [0.1, 0.15) is 271 Å². The Balaban J connectivity index is 3.78. The molecular formula is C52H100NO10P. The largest absolute Gasteiger partial charge is 0.480 e. The number of aliphatic carboxylic acids is 1. The molecule has 0 aromatic carbocycles. The molecule has 0 bridgehead atoms. The van der Waals surface area contributed by atoms with Crippen LogP contribution in [0, 0.1) is 0 Å². The van der Waals surface area contributed by atoms with E-state index in [-0.39, 0.29) is 12.8 Å². The van der Waals surface area contributed by atoms with E-state index in [0.29, 0.717) is 12.8 Å². The van der Waals surface area contributed by atoms with Crippen molar-refractivity contribution in [2.75, 3.05) is 19.8 Å². The third-order valence-corrected chi connectivity index (χ3v) is 13.0. The molecule has 0 radical (unpaired) electrons. The van der Waals surface area contributed by atoms with Gasteiger partial charge in [-0.3, -0.25) is 18.6 Å². The number of nitrogens with one attached hydrogen (secondary N) is 1. The Labute approximate surface area is 392 Å². The summed E-state index contributed by atoms with van der Waals surface area (Å²) in [6, 6.07) is -1.54. The maximum absolute atomic E-state index is 12.4. The molecule has 0 aliphatic carbocycles. The van der Waals surface area contributed by atoms with Crippen LogP contribution in [-0.2, 0) is 32.7 Å². The summed E-state index contributed by atoms with van der Waals surface area (Å²) in [4.78, 5) is 46.2. The molecule has 3 unspecified atom stereocenters. The van der Waals surface area contributed by atoms with Crippen molar-refractivity contribution in [3.63, 3.8) is 0 Å². The summed E-state index contributed by atoms with van der Waals surface area (Å²) in [5.41, 5.74) is 0. The molecule has 0 saturated heterocycles. The maximum Gasteiger partial charge on any atom is 0.472 e. The van der Waals surface area contributed by atoms with Crippen molar-refractivity contribution in [1.29, 1.82) is 0 Å². The van der Waals surface area contributed by atoms with Gasteiger partial charge in [-0.25, -0.2) is 9.36 Å². The number of rotatable bonds is 51. The molecule has 11 nitrogen and oxygen atoms in total. The number of ether oxygens (including phenoxy) is 1. The number of phosphoric acid groups is 1. The summed E-state index contributed by atoms with van der Waals surface area (Å²) in [5, 5.41) is 21.9. The highest BCUT2D eigenvalue weighted by Gasteiger charge is 2.28. The standard InChI is InChI=1S/C52H100NO10P/c1-3-5-7-9-11-13-15-17-19-21-23-24-26-27-29-31-33-35-37-39-41-43-50(55)53-49(52(57)58)47-63-64(59,60)62-46-48(54)45-61-51(56)44-42-40-38-36-34-32-30-28-25-22-20-18-16-14-12-10-8-6-4-2/h18,20,48-49,54H,3-17,19,21-47H2,1-2H3,(H,53,55)(H,57,58)(H,59,60)/b20-18+. The van der Waals surface area contributed by atoms with Gasteiger partial charge in [-0.2, -0.15) is 0 Å². The molecule has 3 atom stereocenters. The number of hydrogen-bond acceptors (Lipinski definition) is 8. The molecule has 12 heteroatoms. The van der Waals surface area contributed by atoms with Crippen LogP contribution < -0.4 is 5.32 Å². The van der Waals surface area contributed by atoms with Crippen LogP contribution >= 0.6 is 7.82 Å². The van der Waals surface area contributed by atoms with Crippen molar-refractivity contribution in [3.05, 3.63) is 12.2 Å². The lowest BCUT2D eigenvalue weighted by Crippen LogP contribution is -2.43. The van der Waals surface area contributed by atoms with Crippen LogP contribution in [0.4, 0.5) is 0 Å². The summed E-state index contributed by atoms with van der Waals surface area (Å²) in [5.74, 6) is -2.35. The SMILES string of the molecule is CCCCCCCC/C=C/CCCCCCCCCCCC(=O)OCC(O)COP(=O)(O)OCC(NC(=O)CCCCCCCCCCCCCCCCCCCCCCC)C(=O)O. The van der Waals surface area contributed by atoms with Crippen molar-refractivity contribution in [2.45, 2.75) is 283 Å². The molecule has 4 N–H and O–H groups in total. The number of hydrogen-bond donors (Lipinski definition) is 4. The number of carboxylic acid groups (broad SMARTS) is 1. The van der Waals surface area contributed by atoms with E-state index in [1.165, 1.54) is 193 Å². The van der Waals surface area contributed by atoms with Gasteiger partial charge in [0.05, 0.1) is 13.2 Å². The minimum Gasteiger partial charge on any atom is -0.480 e. The van der Waals surface area contributed by atoms with Gasteiger partial charge in [-0.15, -0.1) is 0 Å². The van der Waals surface area contributed by atoms with Crippen LogP contribution in [0.15, 0.2) is 12.2 Å². The minimum atomic E-state index is -4.76. The summed E-state index contributed by atoms with van der Waals surface area (Å²) in [7, 11) is -4.76. The van der Waals surface area contributed by atoms with E-state index in [9.17, 15) is 34.1 Å². The number of unbranched alkanes of at least 4 members (excludes halogenated alkanes) is 35. The lowest BCUT2D eigenvalue weighted by Gasteiger charge is -2.18. The van der Waals surface area contributed by atoms with E-state index >= 15 is 0 Å². The van der Waals surface area contributed by atoms with Crippen molar-refractivity contribution in [2.24, 2.45) is 0 Å². The second-order valence-electron chi connectivity index (χ2n) is 18.4. The second kappa shape index (κ2) is 47.7. The van der Waals surface area contributed by atoms with Crippen LogP contribution in [0.3, 0.4) is 0 Å². The number of amides is 1.